The van der Waals surface area contributed by atoms with Gasteiger partial charge in [-0.1, -0.05) is 0 Å². The molecule has 8 nitrogen and oxygen atoms in total. The van der Waals surface area contributed by atoms with Gasteiger partial charge in [-0.2, -0.15) is 0 Å². The number of hydrogen-bond acceptors (Lipinski definition) is 7. The van der Waals surface area contributed by atoms with Crippen molar-refractivity contribution in [3.05, 3.63) is 12.4 Å². The zero-order valence-electron chi connectivity index (χ0n) is 14.1. The van der Waals surface area contributed by atoms with Crippen molar-refractivity contribution in [2.75, 3.05) is 45.4 Å². The number of carbonyl (C=O) groups excluding carboxylic acids is 1. The summed E-state index contributed by atoms with van der Waals surface area (Å²) in [7, 11) is 3.21. The number of fused-ring (bicyclic) bond motifs is 1. The Kier molecular flexibility index (Phi) is 5.47. The molecular weight excluding hydrogens is 312 g/mol. The zero-order chi connectivity index (χ0) is 16.9. The average Bonchev–Trinajstić information content (AvgIpc) is 3.13. The van der Waals surface area contributed by atoms with Crippen LogP contribution in [0.3, 0.4) is 0 Å². The van der Waals surface area contributed by atoms with Crippen LogP contribution in [0.5, 0.6) is 5.88 Å². The summed E-state index contributed by atoms with van der Waals surface area (Å²) >= 11 is 0. The van der Waals surface area contributed by atoms with Crippen LogP contribution in [0.4, 0.5) is 5.82 Å². The lowest BCUT2D eigenvalue weighted by Gasteiger charge is -2.20. The first-order chi connectivity index (χ1) is 11.7. The van der Waals surface area contributed by atoms with Crippen molar-refractivity contribution < 1.29 is 19.0 Å². The van der Waals surface area contributed by atoms with Crippen LogP contribution >= 0.6 is 0 Å². The Morgan fingerprint density at radius 1 is 1.42 bits per heavy atom. The van der Waals surface area contributed by atoms with Gasteiger partial charge in [0.1, 0.15) is 12.1 Å². The van der Waals surface area contributed by atoms with Crippen LogP contribution in [-0.4, -0.2) is 68.5 Å². The molecule has 0 radical (unpaired) electrons. The lowest BCUT2D eigenvalue weighted by molar-refractivity contribution is -0.123. The molecule has 1 aromatic heterocycles. The second-order valence-corrected chi connectivity index (χ2v) is 6.16. The summed E-state index contributed by atoms with van der Waals surface area (Å²) in [4.78, 5) is 22.4. The van der Waals surface area contributed by atoms with Crippen LogP contribution in [0.25, 0.3) is 0 Å². The highest BCUT2D eigenvalue weighted by Gasteiger charge is 2.42. The second kappa shape index (κ2) is 7.76. The maximum atomic E-state index is 11.9. The minimum absolute atomic E-state index is 0.00429. The fourth-order valence-electron chi connectivity index (χ4n) is 3.37. The number of nitrogens with zero attached hydrogens (tertiary/aromatic N) is 3. The van der Waals surface area contributed by atoms with Gasteiger partial charge in [0.05, 0.1) is 32.3 Å². The van der Waals surface area contributed by atoms with E-state index in [-0.39, 0.29) is 18.1 Å². The predicted octanol–water partition coefficient (Wildman–Crippen LogP) is 0.232. The highest BCUT2D eigenvalue weighted by Crippen LogP contribution is 2.36. The van der Waals surface area contributed by atoms with Crippen molar-refractivity contribution in [1.29, 1.82) is 0 Å². The molecule has 1 aromatic rings. The zero-order valence-corrected chi connectivity index (χ0v) is 14.1. The third-order valence-corrected chi connectivity index (χ3v) is 4.52. The lowest BCUT2D eigenvalue weighted by atomic mass is 10.0. The first-order valence-electron chi connectivity index (χ1n) is 8.21. The smallest absolute Gasteiger partial charge is 0.222 e. The summed E-state index contributed by atoms with van der Waals surface area (Å²) in [5, 5.41) is 2.84. The molecule has 8 heteroatoms. The van der Waals surface area contributed by atoms with E-state index in [1.54, 1.807) is 14.2 Å². The molecule has 0 bridgehead atoms. The Balaban J connectivity index is 1.48. The molecule has 3 heterocycles. The van der Waals surface area contributed by atoms with Gasteiger partial charge in [0.2, 0.25) is 11.8 Å². The van der Waals surface area contributed by atoms with Crippen molar-refractivity contribution in [1.82, 2.24) is 15.3 Å². The third-order valence-electron chi connectivity index (χ3n) is 4.52. The molecule has 0 aliphatic carbocycles. The molecule has 2 saturated heterocycles. The van der Waals surface area contributed by atoms with E-state index >= 15 is 0 Å². The molecule has 132 valence electrons. The number of hydrogen-bond donors (Lipinski definition) is 1. The molecule has 0 aromatic carbocycles. The van der Waals surface area contributed by atoms with Gasteiger partial charge >= 0.3 is 0 Å². The number of nitrogens with one attached hydrogen (secondary N) is 1. The van der Waals surface area contributed by atoms with Gasteiger partial charge in [0, 0.05) is 38.7 Å². The van der Waals surface area contributed by atoms with E-state index < -0.39 is 0 Å². The number of aromatic nitrogens is 2. The Labute approximate surface area is 141 Å². The van der Waals surface area contributed by atoms with E-state index in [2.05, 4.69) is 20.2 Å². The van der Waals surface area contributed by atoms with Crippen molar-refractivity contribution in [2.45, 2.75) is 25.0 Å². The lowest BCUT2D eigenvalue weighted by Crippen LogP contribution is -2.31. The summed E-state index contributed by atoms with van der Waals surface area (Å²) < 4.78 is 16.1. The summed E-state index contributed by atoms with van der Waals surface area (Å²) in [6.45, 7) is 2.73. The monoisotopic (exact) mass is 336 g/mol. The first-order valence-corrected chi connectivity index (χ1v) is 8.21. The fraction of sp³-hybridized carbons (Fsp3) is 0.688. The number of methoxy groups -OCH3 is 2. The van der Waals surface area contributed by atoms with E-state index in [1.807, 2.05) is 6.07 Å². The van der Waals surface area contributed by atoms with Crippen LogP contribution in [0.2, 0.25) is 0 Å². The van der Waals surface area contributed by atoms with E-state index in [1.165, 1.54) is 6.33 Å². The van der Waals surface area contributed by atoms with Crippen LogP contribution in [0.1, 0.15) is 12.8 Å². The quantitative estimate of drug-likeness (QED) is 0.714. The molecular formula is C16H24N4O4. The van der Waals surface area contributed by atoms with Gasteiger partial charge in [0.25, 0.3) is 0 Å². The highest BCUT2D eigenvalue weighted by molar-refractivity contribution is 5.76. The molecule has 0 unspecified atom stereocenters. The Hall–Kier alpha value is -1.93. The third kappa shape index (κ3) is 3.93. The standard InChI is InChI=1S/C16H24N4O4/c1-22-4-3-17-15(21)6-12-5-11-8-20(9-13(11)24-12)14-7-16(23-2)19-10-18-14/h7,10-13H,3-6,8-9H2,1-2H3,(H,17,21)/t11-,12-,13+/m0/s1. The summed E-state index contributed by atoms with van der Waals surface area (Å²) in [5.74, 6) is 1.87. The molecule has 24 heavy (non-hydrogen) atoms. The number of rotatable bonds is 7. The Bertz CT molecular complexity index is 557. The Morgan fingerprint density at radius 3 is 3.04 bits per heavy atom. The SMILES string of the molecule is COCCNC(=O)C[C@@H]1C[C@H]2CN(c3cc(OC)ncn3)C[C@H]2O1. The minimum Gasteiger partial charge on any atom is -0.481 e. The number of amides is 1. The molecule has 0 saturated carbocycles. The Morgan fingerprint density at radius 2 is 2.29 bits per heavy atom. The van der Waals surface area contributed by atoms with Gasteiger partial charge in [0.15, 0.2) is 0 Å². The molecule has 1 N–H and O–H groups in total. The fourth-order valence-corrected chi connectivity index (χ4v) is 3.37. The molecule has 3 atom stereocenters. The average molecular weight is 336 g/mol. The second-order valence-electron chi connectivity index (χ2n) is 6.16. The van der Waals surface area contributed by atoms with E-state index in [0.29, 0.717) is 31.4 Å². The normalized spacial score (nSPS) is 25.6. The summed E-state index contributed by atoms with van der Waals surface area (Å²) in [6.07, 6.45) is 2.99. The minimum atomic E-state index is 0.00429. The summed E-state index contributed by atoms with van der Waals surface area (Å²) in [5.41, 5.74) is 0. The van der Waals surface area contributed by atoms with Crippen molar-refractivity contribution in [2.24, 2.45) is 5.92 Å². The molecule has 2 fully saturated rings. The number of anilines is 1. The highest BCUT2D eigenvalue weighted by atomic mass is 16.5. The predicted molar refractivity (Wildman–Crippen MR) is 87.1 cm³/mol. The largest absolute Gasteiger partial charge is 0.481 e. The van der Waals surface area contributed by atoms with Crippen molar-refractivity contribution >= 4 is 11.7 Å². The first kappa shape index (κ1) is 16.9. The maximum Gasteiger partial charge on any atom is 0.222 e. The summed E-state index contributed by atoms with van der Waals surface area (Å²) in [6, 6.07) is 1.84. The van der Waals surface area contributed by atoms with Gasteiger partial charge in [-0.15, -0.1) is 0 Å². The van der Waals surface area contributed by atoms with Crippen LogP contribution in [0.15, 0.2) is 12.4 Å². The van der Waals surface area contributed by atoms with Gasteiger partial charge in [-0.25, -0.2) is 9.97 Å². The topological polar surface area (TPSA) is 85.8 Å². The van der Waals surface area contributed by atoms with E-state index in [9.17, 15) is 4.79 Å². The number of ether oxygens (including phenoxy) is 3. The molecule has 2 aliphatic heterocycles. The van der Waals surface area contributed by atoms with Crippen molar-refractivity contribution in [3.8, 4) is 5.88 Å². The maximum absolute atomic E-state index is 11.9. The molecule has 1 amide bonds. The molecule has 0 spiro atoms. The van der Waals surface area contributed by atoms with Crippen LogP contribution in [-0.2, 0) is 14.3 Å². The van der Waals surface area contributed by atoms with Gasteiger partial charge < -0.3 is 24.4 Å². The van der Waals surface area contributed by atoms with E-state index in [0.717, 1.165) is 25.3 Å². The molecule has 2 aliphatic rings. The van der Waals surface area contributed by atoms with Gasteiger partial charge in [-0.05, 0) is 6.42 Å². The van der Waals surface area contributed by atoms with E-state index in [4.69, 9.17) is 14.2 Å². The van der Waals surface area contributed by atoms with Crippen molar-refractivity contribution in [3.63, 3.8) is 0 Å². The van der Waals surface area contributed by atoms with Gasteiger partial charge in [-0.3, -0.25) is 4.79 Å². The van der Waals surface area contributed by atoms with Crippen LogP contribution < -0.4 is 15.0 Å². The number of carbonyl (C=O) groups is 1. The molecule has 3 rings (SSSR count). The van der Waals surface area contributed by atoms with Crippen LogP contribution in [0, 0.1) is 5.92 Å².